The first-order chi connectivity index (χ1) is 17.2. The predicted octanol–water partition coefficient (Wildman–Crippen LogP) is 6.22. The lowest BCUT2D eigenvalue weighted by molar-refractivity contribution is -0.137. The Hall–Kier alpha value is -3.95. The van der Waals surface area contributed by atoms with Crippen molar-refractivity contribution in [3.63, 3.8) is 0 Å². The van der Waals surface area contributed by atoms with E-state index in [1.165, 1.54) is 18.2 Å². The number of pyridine rings is 1. The van der Waals surface area contributed by atoms with Gasteiger partial charge in [0.2, 0.25) is 5.82 Å². The van der Waals surface area contributed by atoms with Gasteiger partial charge in [0.1, 0.15) is 0 Å². The van der Waals surface area contributed by atoms with Crippen LogP contribution in [0.2, 0.25) is 0 Å². The van der Waals surface area contributed by atoms with E-state index < -0.39 is 11.7 Å². The molecule has 0 atom stereocenters. The quantitative estimate of drug-likeness (QED) is 0.334. The molecule has 10 heteroatoms. The van der Waals surface area contributed by atoms with Crippen molar-refractivity contribution in [1.82, 2.24) is 24.9 Å². The highest BCUT2D eigenvalue weighted by Gasteiger charge is 2.30. The van der Waals surface area contributed by atoms with Gasteiger partial charge in [0.05, 0.1) is 23.0 Å². The van der Waals surface area contributed by atoms with Crippen molar-refractivity contribution in [2.75, 3.05) is 11.4 Å². The number of halogens is 3. The molecule has 0 spiro atoms. The Morgan fingerprint density at radius 1 is 1.08 bits per heavy atom. The fourth-order valence-corrected chi connectivity index (χ4v) is 3.98. The molecular weight excluding hydrogens is 469 g/mol. The molecule has 1 aromatic carbocycles. The summed E-state index contributed by atoms with van der Waals surface area (Å²) in [5.41, 5.74) is 5.13. The smallest absolute Gasteiger partial charge is 0.346 e. The number of alkyl halides is 3. The average Bonchev–Trinajstić information content (AvgIpc) is 3.59. The largest absolute Gasteiger partial charge is 0.417 e. The third-order valence-electron chi connectivity index (χ3n) is 5.96. The average molecular weight is 497 g/mol. The molecule has 4 heterocycles. The second kappa shape index (κ2) is 10.3. The SMILES string of the molecule is C=C1CCCN1c1ccc(-c2noc(-c3cnn(C)c3CC)n2)cc1.Cc1ccc(C(F)(F)F)cn1. The third-order valence-corrected chi connectivity index (χ3v) is 5.96. The molecule has 1 aliphatic heterocycles. The van der Waals surface area contributed by atoms with Crippen LogP contribution in [-0.4, -0.2) is 31.4 Å². The Morgan fingerprint density at radius 3 is 2.42 bits per heavy atom. The first-order valence-corrected chi connectivity index (χ1v) is 11.6. The van der Waals surface area contributed by atoms with Gasteiger partial charge >= 0.3 is 6.18 Å². The maximum Gasteiger partial charge on any atom is 0.417 e. The monoisotopic (exact) mass is 496 g/mol. The fraction of sp³-hybridized carbons (Fsp3) is 0.308. The third kappa shape index (κ3) is 5.48. The van der Waals surface area contributed by atoms with Crippen molar-refractivity contribution in [1.29, 1.82) is 0 Å². The highest BCUT2D eigenvalue weighted by molar-refractivity contribution is 5.64. The summed E-state index contributed by atoms with van der Waals surface area (Å²) in [6, 6.07) is 10.6. The summed E-state index contributed by atoms with van der Waals surface area (Å²) in [6.07, 6.45) is 1.42. The van der Waals surface area contributed by atoms with Gasteiger partial charge in [-0.05, 0) is 62.6 Å². The molecule has 0 aliphatic carbocycles. The summed E-state index contributed by atoms with van der Waals surface area (Å²) < 4.78 is 43.0. The van der Waals surface area contributed by atoms with E-state index >= 15 is 0 Å². The number of hydrogen-bond acceptors (Lipinski definition) is 6. The number of aryl methyl sites for hydroxylation is 2. The summed E-state index contributed by atoms with van der Waals surface area (Å²) in [4.78, 5) is 10.3. The van der Waals surface area contributed by atoms with Gasteiger partial charge < -0.3 is 9.42 Å². The van der Waals surface area contributed by atoms with Crippen LogP contribution < -0.4 is 4.90 Å². The van der Waals surface area contributed by atoms with E-state index in [-0.39, 0.29) is 0 Å². The second-order valence-corrected chi connectivity index (χ2v) is 8.46. The Balaban J connectivity index is 0.000000233. The van der Waals surface area contributed by atoms with Crippen LogP contribution in [-0.2, 0) is 19.6 Å². The summed E-state index contributed by atoms with van der Waals surface area (Å²) in [7, 11) is 1.92. The van der Waals surface area contributed by atoms with Crippen molar-refractivity contribution in [2.45, 2.75) is 39.3 Å². The number of hydrogen-bond donors (Lipinski definition) is 0. The number of nitrogens with zero attached hydrogens (tertiary/aromatic N) is 6. The molecule has 0 saturated carbocycles. The van der Waals surface area contributed by atoms with Gasteiger partial charge in [-0.1, -0.05) is 18.7 Å². The van der Waals surface area contributed by atoms with Crippen LogP contribution >= 0.6 is 0 Å². The fourth-order valence-electron chi connectivity index (χ4n) is 3.98. The lowest BCUT2D eigenvalue weighted by Crippen LogP contribution is -2.14. The first kappa shape index (κ1) is 25.2. The maximum absolute atomic E-state index is 11.9. The van der Waals surface area contributed by atoms with E-state index in [0.29, 0.717) is 17.4 Å². The van der Waals surface area contributed by atoms with E-state index in [2.05, 4.69) is 50.8 Å². The summed E-state index contributed by atoms with van der Waals surface area (Å²) >= 11 is 0. The topological polar surface area (TPSA) is 72.9 Å². The molecule has 1 fully saturated rings. The van der Waals surface area contributed by atoms with Crippen molar-refractivity contribution in [2.24, 2.45) is 7.05 Å². The van der Waals surface area contributed by atoms with Crippen molar-refractivity contribution < 1.29 is 17.7 Å². The minimum Gasteiger partial charge on any atom is -0.346 e. The van der Waals surface area contributed by atoms with Crippen molar-refractivity contribution in [3.05, 3.63) is 78.0 Å². The van der Waals surface area contributed by atoms with Gasteiger partial charge in [0.25, 0.3) is 5.89 Å². The van der Waals surface area contributed by atoms with Crippen LogP contribution in [0.25, 0.3) is 22.8 Å². The van der Waals surface area contributed by atoms with Crippen LogP contribution in [0.15, 0.2) is 65.6 Å². The minimum absolute atomic E-state index is 0.511. The van der Waals surface area contributed by atoms with E-state index in [0.717, 1.165) is 54.2 Å². The maximum atomic E-state index is 11.9. The molecule has 3 aromatic heterocycles. The Morgan fingerprint density at radius 2 is 1.83 bits per heavy atom. The van der Waals surface area contributed by atoms with Crippen LogP contribution in [0.4, 0.5) is 18.9 Å². The zero-order chi connectivity index (χ0) is 25.9. The van der Waals surface area contributed by atoms with Gasteiger partial charge in [0.15, 0.2) is 0 Å². The molecule has 7 nitrogen and oxygen atoms in total. The van der Waals surface area contributed by atoms with E-state index in [4.69, 9.17) is 4.52 Å². The Labute approximate surface area is 207 Å². The second-order valence-electron chi connectivity index (χ2n) is 8.46. The highest BCUT2D eigenvalue weighted by atomic mass is 19.4. The van der Waals surface area contributed by atoms with Crippen molar-refractivity contribution in [3.8, 4) is 22.8 Å². The van der Waals surface area contributed by atoms with Crippen LogP contribution in [0.1, 0.15) is 36.7 Å². The number of allylic oxidation sites excluding steroid dienone is 1. The molecule has 0 N–H and O–H groups in total. The molecule has 0 unspecified atom stereocenters. The van der Waals surface area contributed by atoms with Crippen molar-refractivity contribution >= 4 is 5.69 Å². The molecule has 188 valence electrons. The van der Waals surface area contributed by atoms with E-state index in [1.54, 1.807) is 13.1 Å². The summed E-state index contributed by atoms with van der Waals surface area (Å²) in [5.74, 6) is 1.10. The number of benzene rings is 1. The van der Waals surface area contributed by atoms with Gasteiger partial charge in [-0.25, -0.2) is 0 Å². The molecule has 5 rings (SSSR count). The molecule has 0 amide bonds. The molecule has 0 radical (unpaired) electrons. The van der Waals surface area contributed by atoms with Crippen LogP contribution in [0.3, 0.4) is 0 Å². The molecule has 36 heavy (non-hydrogen) atoms. The minimum atomic E-state index is -4.28. The molecule has 0 bridgehead atoms. The standard InChI is InChI=1S/C19H21N5O.C7H6F3N/c1-4-17-16(12-20-23(17)3)19-21-18(22-25-19)14-7-9-15(10-8-14)24-11-5-6-13(24)2;1-5-2-3-6(4-11-5)7(8,9)10/h7-10,12H,2,4-6,11H2,1,3H3;2-4H,1H3. The van der Waals surface area contributed by atoms with Gasteiger partial charge in [-0.15, -0.1) is 0 Å². The molecule has 4 aromatic rings. The number of aromatic nitrogens is 5. The predicted molar refractivity (Wildman–Crippen MR) is 131 cm³/mol. The lowest BCUT2D eigenvalue weighted by atomic mass is 10.2. The lowest BCUT2D eigenvalue weighted by Gasteiger charge is -2.19. The number of rotatable bonds is 4. The highest BCUT2D eigenvalue weighted by Crippen LogP contribution is 2.30. The summed E-state index contributed by atoms with van der Waals surface area (Å²) in [6.45, 7) is 8.88. The van der Waals surface area contributed by atoms with Crippen LogP contribution in [0.5, 0.6) is 0 Å². The molecular formula is C26H27F3N6O. The van der Waals surface area contributed by atoms with Gasteiger partial charge in [0, 0.05) is 42.4 Å². The van der Waals surface area contributed by atoms with Crippen LogP contribution in [0, 0.1) is 6.92 Å². The van der Waals surface area contributed by atoms with E-state index in [1.807, 2.05) is 23.9 Å². The Kier molecular flexibility index (Phi) is 7.23. The normalized spacial score (nSPS) is 13.6. The zero-order valence-corrected chi connectivity index (χ0v) is 20.4. The molecule has 1 aliphatic rings. The number of anilines is 1. The Bertz CT molecular complexity index is 1320. The molecule has 1 saturated heterocycles. The van der Waals surface area contributed by atoms with Gasteiger partial charge in [-0.2, -0.15) is 23.3 Å². The van der Waals surface area contributed by atoms with E-state index in [9.17, 15) is 13.2 Å². The first-order valence-electron chi connectivity index (χ1n) is 11.6. The zero-order valence-electron chi connectivity index (χ0n) is 20.4. The van der Waals surface area contributed by atoms with Gasteiger partial charge in [-0.3, -0.25) is 9.67 Å². The summed E-state index contributed by atoms with van der Waals surface area (Å²) in [5, 5.41) is 8.42.